The molecule has 0 aliphatic rings. The summed E-state index contributed by atoms with van der Waals surface area (Å²) in [5.74, 6) is -1.38. The Morgan fingerprint density at radius 3 is 2.40 bits per heavy atom. The second kappa shape index (κ2) is 5.83. The van der Waals surface area contributed by atoms with Crippen molar-refractivity contribution < 1.29 is 18.3 Å². The highest BCUT2D eigenvalue weighted by molar-refractivity contribution is 7.91. The zero-order chi connectivity index (χ0) is 14.6. The molecule has 0 radical (unpaired) electrons. The van der Waals surface area contributed by atoms with Crippen LogP contribution in [-0.2, 0) is 16.3 Å². The minimum atomic E-state index is -3.64. The summed E-state index contributed by atoms with van der Waals surface area (Å²) in [7, 11) is -3.64. The molecule has 0 bridgehead atoms. The quantitative estimate of drug-likeness (QED) is 0.908. The van der Waals surface area contributed by atoms with Gasteiger partial charge in [-0.05, 0) is 36.2 Å². The van der Waals surface area contributed by atoms with Crippen molar-refractivity contribution >= 4 is 15.8 Å². The van der Waals surface area contributed by atoms with E-state index in [1.165, 1.54) is 24.3 Å². The topological polar surface area (TPSA) is 84.3 Å². The smallest absolute Gasteiger partial charge is 0.337 e. The van der Waals surface area contributed by atoms with E-state index in [1.54, 1.807) is 24.5 Å². The third-order valence-corrected chi connectivity index (χ3v) is 4.63. The van der Waals surface area contributed by atoms with Crippen LogP contribution in [-0.4, -0.2) is 30.2 Å². The maximum atomic E-state index is 12.3. The van der Waals surface area contributed by atoms with Gasteiger partial charge < -0.3 is 5.11 Å². The first kappa shape index (κ1) is 14.2. The van der Waals surface area contributed by atoms with Crippen molar-refractivity contribution in [2.24, 2.45) is 0 Å². The molecule has 104 valence electrons. The van der Waals surface area contributed by atoms with Gasteiger partial charge in [0, 0.05) is 12.4 Å². The van der Waals surface area contributed by atoms with Crippen molar-refractivity contribution in [2.75, 3.05) is 5.75 Å². The standard InChI is InChI=1S/C14H13NO4S/c16-14(17)12-3-1-2-4-13(12)20(18,19)10-7-11-5-8-15-9-6-11/h1-6,8-9H,7,10H2,(H,16,17). The van der Waals surface area contributed by atoms with E-state index < -0.39 is 15.8 Å². The first-order chi connectivity index (χ1) is 9.50. The van der Waals surface area contributed by atoms with Crippen molar-refractivity contribution in [1.29, 1.82) is 0 Å². The van der Waals surface area contributed by atoms with Crippen LogP contribution in [0.2, 0.25) is 0 Å². The van der Waals surface area contributed by atoms with Gasteiger partial charge in [0.25, 0.3) is 0 Å². The molecule has 0 saturated heterocycles. The fourth-order valence-electron chi connectivity index (χ4n) is 1.83. The van der Waals surface area contributed by atoms with Crippen LogP contribution in [0.3, 0.4) is 0 Å². The van der Waals surface area contributed by atoms with Crippen LogP contribution in [0.25, 0.3) is 0 Å². The Balaban J connectivity index is 2.25. The number of hydrogen-bond acceptors (Lipinski definition) is 4. The van der Waals surface area contributed by atoms with Gasteiger partial charge in [-0.1, -0.05) is 12.1 Å². The number of aromatic nitrogens is 1. The SMILES string of the molecule is O=C(O)c1ccccc1S(=O)(=O)CCc1ccncc1. The number of carboxylic acid groups (broad SMARTS) is 1. The summed E-state index contributed by atoms with van der Waals surface area (Å²) in [6, 6.07) is 9.11. The largest absolute Gasteiger partial charge is 0.478 e. The highest BCUT2D eigenvalue weighted by Crippen LogP contribution is 2.18. The molecule has 1 heterocycles. The number of pyridine rings is 1. The Bertz CT molecular complexity index is 711. The third-order valence-electron chi connectivity index (χ3n) is 2.86. The Labute approximate surface area is 116 Å². The average molecular weight is 291 g/mol. The number of rotatable bonds is 5. The summed E-state index contributed by atoms with van der Waals surface area (Å²) < 4.78 is 24.5. The Morgan fingerprint density at radius 2 is 1.75 bits per heavy atom. The summed E-state index contributed by atoms with van der Waals surface area (Å²) in [6.45, 7) is 0. The normalized spacial score (nSPS) is 11.2. The molecule has 0 amide bonds. The molecule has 1 aromatic carbocycles. The van der Waals surface area contributed by atoms with Crippen molar-refractivity contribution in [2.45, 2.75) is 11.3 Å². The van der Waals surface area contributed by atoms with Crippen LogP contribution >= 0.6 is 0 Å². The van der Waals surface area contributed by atoms with Crippen molar-refractivity contribution in [3.05, 3.63) is 59.9 Å². The lowest BCUT2D eigenvalue weighted by Crippen LogP contribution is -2.13. The summed E-state index contributed by atoms with van der Waals surface area (Å²) in [5, 5.41) is 9.04. The molecular weight excluding hydrogens is 278 g/mol. The number of sulfone groups is 1. The molecule has 5 nitrogen and oxygen atoms in total. The van der Waals surface area contributed by atoms with Crippen LogP contribution in [0, 0.1) is 0 Å². The molecule has 0 aliphatic heterocycles. The van der Waals surface area contributed by atoms with Crippen LogP contribution in [0.4, 0.5) is 0 Å². The second-order valence-corrected chi connectivity index (χ2v) is 6.30. The van der Waals surface area contributed by atoms with Gasteiger partial charge in [-0.25, -0.2) is 13.2 Å². The monoisotopic (exact) mass is 291 g/mol. The number of nitrogens with zero attached hydrogens (tertiary/aromatic N) is 1. The zero-order valence-corrected chi connectivity index (χ0v) is 11.4. The van der Waals surface area contributed by atoms with E-state index in [9.17, 15) is 13.2 Å². The zero-order valence-electron chi connectivity index (χ0n) is 10.6. The summed E-state index contributed by atoms with van der Waals surface area (Å²) in [5.41, 5.74) is 0.651. The number of benzene rings is 1. The number of carboxylic acids is 1. The van der Waals surface area contributed by atoms with E-state index in [1.807, 2.05) is 0 Å². The summed E-state index contributed by atoms with van der Waals surface area (Å²) in [4.78, 5) is 14.8. The number of carbonyl (C=O) groups is 1. The van der Waals surface area contributed by atoms with Crippen LogP contribution in [0.1, 0.15) is 15.9 Å². The molecule has 0 spiro atoms. The fourth-order valence-corrected chi connectivity index (χ4v) is 3.33. The van der Waals surface area contributed by atoms with Crippen molar-refractivity contribution in [1.82, 2.24) is 4.98 Å². The van der Waals surface area contributed by atoms with Gasteiger partial charge >= 0.3 is 5.97 Å². The van der Waals surface area contributed by atoms with E-state index in [4.69, 9.17) is 5.11 Å². The summed E-state index contributed by atoms with van der Waals surface area (Å²) in [6.07, 6.45) is 3.50. The van der Waals surface area contributed by atoms with Gasteiger partial charge in [0.05, 0.1) is 16.2 Å². The van der Waals surface area contributed by atoms with Crippen molar-refractivity contribution in [3.8, 4) is 0 Å². The first-order valence-corrected chi connectivity index (χ1v) is 7.60. The van der Waals surface area contributed by atoms with E-state index in [2.05, 4.69) is 4.98 Å². The molecule has 1 N–H and O–H groups in total. The Morgan fingerprint density at radius 1 is 1.10 bits per heavy atom. The number of aryl methyl sites for hydroxylation is 1. The lowest BCUT2D eigenvalue weighted by atomic mass is 10.2. The highest BCUT2D eigenvalue weighted by atomic mass is 32.2. The predicted octanol–water partition coefficient (Wildman–Crippen LogP) is 1.80. The molecule has 0 atom stereocenters. The van der Waals surface area contributed by atoms with Crippen LogP contribution in [0.5, 0.6) is 0 Å². The van der Waals surface area contributed by atoms with Gasteiger partial charge in [0.15, 0.2) is 9.84 Å². The molecule has 6 heteroatoms. The lowest BCUT2D eigenvalue weighted by Gasteiger charge is -2.07. The molecule has 1 aromatic heterocycles. The molecule has 2 rings (SSSR count). The maximum absolute atomic E-state index is 12.3. The van der Waals surface area contributed by atoms with E-state index >= 15 is 0 Å². The Kier molecular flexibility index (Phi) is 4.14. The average Bonchev–Trinajstić information content (AvgIpc) is 2.46. The molecule has 0 fully saturated rings. The van der Waals surface area contributed by atoms with Gasteiger partial charge in [0.2, 0.25) is 0 Å². The van der Waals surface area contributed by atoms with Gasteiger partial charge in [-0.2, -0.15) is 0 Å². The molecule has 0 unspecified atom stereocenters. The molecule has 2 aromatic rings. The number of aromatic carboxylic acids is 1. The minimum absolute atomic E-state index is 0.137. The van der Waals surface area contributed by atoms with E-state index in [0.29, 0.717) is 6.42 Å². The Hall–Kier alpha value is -2.21. The first-order valence-electron chi connectivity index (χ1n) is 5.95. The van der Waals surface area contributed by atoms with Gasteiger partial charge in [-0.15, -0.1) is 0 Å². The molecule has 0 aliphatic carbocycles. The van der Waals surface area contributed by atoms with Crippen LogP contribution in [0.15, 0.2) is 53.7 Å². The molecule has 0 saturated carbocycles. The van der Waals surface area contributed by atoms with Crippen LogP contribution < -0.4 is 0 Å². The summed E-state index contributed by atoms with van der Waals surface area (Å²) >= 11 is 0. The maximum Gasteiger partial charge on any atom is 0.337 e. The minimum Gasteiger partial charge on any atom is -0.478 e. The van der Waals surface area contributed by atoms with Crippen molar-refractivity contribution in [3.63, 3.8) is 0 Å². The predicted molar refractivity (Wildman–Crippen MR) is 73.4 cm³/mol. The fraction of sp³-hybridized carbons (Fsp3) is 0.143. The molecule has 20 heavy (non-hydrogen) atoms. The lowest BCUT2D eigenvalue weighted by molar-refractivity contribution is 0.0692. The van der Waals surface area contributed by atoms with E-state index in [-0.39, 0.29) is 16.2 Å². The number of hydrogen-bond donors (Lipinski definition) is 1. The highest BCUT2D eigenvalue weighted by Gasteiger charge is 2.21. The molecular formula is C14H13NO4S. The van der Waals surface area contributed by atoms with Gasteiger partial charge in [-0.3, -0.25) is 4.98 Å². The van der Waals surface area contributed by atoms with Gasteiger partial charge in [0.1, 0.15) is 0 Å². The van der Waals surface area contributed by atoms with E-state index in [0.717, 1.165) is 5.56 Å². The third kappa shape index (κ3) is 3.21. The second-order valence-electron chi connectivity index (χ2n) is 4.23.